The van der Waals surface area contributed by atoms with Gasteiger partial charge in [-0.2, -0.15) is 0 Å². The predicted octanol–water partition coefficient (Wildman–Crippen LogP) is 5.32. The van der Waals surface area contributed by atoms with Crippen LogP contribution >= 0.6 is 11.8 Å². The highest BCUT2D eigenvalue weighted by Crippen LogP contribution is 2.20. The van der Waals surface area contributed by atoms with Gasteiger partial charge in [-0.05, 0) is 51.7 Å². The summed E-state index contributed by atoms with van der Waals surface area (Å²) in [6.45, 7) is 8.54. The van der Waals surface area contributed by atoms with Gasteiger partial charge >= 0.3 is 0 Å². The van der Waals surface area contributed by atoms with Gasteiger partial charge in [0.2, 0.25) is 11.8 Å². The van der Waals surface area contributed by atoms with Gasteiger partial charge in [-0.1, -0.05) is 72.0 Å². The molecular weight excluding hydrogens is 416 g/mol. The highest BCUT2D eigenvalue weighted by atomic mass is 32.2. The van der Waals surface area contributed by atoms with Crippen molar-refractivity contribution < 1.29 is 9.59 Å². The van der Waals surface area contributed by atoms with Crippen molar-refractivity contribution >= 4 is 23.6 Å². The Hall–Kier alpha value is -2.27. The molecule has 1 saturated carbocycles. The van der Waals surface area contributed by atoms with Crippen LogP contribution in [0, 0.1) is 20.8 Å². The number of carbonyl (C=O) groups is 2. The van der Waals surface area contributed by atoms with Crippen molar-refractivity contribution in [2.24, 2.45) is 0 Å². The third-order valence-corrected chi connectivity index (χ3v) is 7.11. The molecule has 5 heteroatoms. The van der Waals surface area contributed by atoms with Gasteiger partial charge in [-0.25, -0.2) is 0 Å². The fraction of sp³-hybridized carbons (Fsp3) is 0.481. The van der Waals surface area contributed by atoms with E-state index < -0.39 is 6.04 Å². The van der Waals surface area contributed by atoms with Crippen LogP contribution in [0.3, 0.4) is 0 Å². The number of nitrogens with zero attached hydrogens (tertiary/aromatic N) is 1. The molecule has 0 spiro atoms. The van der Waals surface area contributed by atoms with Crippen molar-refractivity contribution in [3.63, 3.8) is 0 Å². The monoisotopic (exact) mass is 452 g/mol. The van der Waals surface area contributed by atoms with E-state index in [2.05, 4.69) is 49.5 Å². The molecule has 0 aromatic heterocycles. The highest BCUT2D eigenvalue weighted by molar-refractivity contribution is 7.99. The smallest absolute Gasteiger partial charge is 0.242 e. The van der Waals surface area contributed by atoms with Gasteiger partial charge in [0, 0.05) is 18.3 Å². The molecule has 2 aromatic rings. The van der Waals surface area contributed by atoms with Crippen molar-refractivity contribution in [2.75, 3.05) is 5.75 Å². The number of aryl methyl sites for hydroxylation is 3. The van der Waals surface area contributed by atoms with Gasteiger partial charge < -0.3 is 10.2 Å². The number of rotatable bonds is 9. The van der Waals surface area contributed by atoms with Crippen LogP contribution in [0.1, 0.15) is 60.4 Å². The predicted molar refractivity (Wildman–Crippen MR) is 134 cm³/mol. The zero-order valence-electron chi connectivity index (χ0n) is 19.8. The Morgan fingerprint density at radius 3 is 2.22 bits per heavy atom. The molecule has 1 N–H and O–H groups in total. The van der Waals surface area contributed by atoms with Gasteiger partial charge in [0.05, 0.1) is 5.75 Å². The molecule has 3 rings (SSSR count). The summed E-state index contributed by atoms with van der Waals surface area (Å²) in [5.74, 6) is 1.11. The molecule has 0 radical (unpaired) electrons. The van der Waals surface area contributed by atoms with Gasteiger partial charge in [-0.3, -0.25) is 9.59 Å². The van der Waals surface area contributed by atoms with E-state index in [9.17, 15) is 9.59 Å². The molecule has 0 unspecified atom stereocenters. The van der Waals surface area contributed by atoms with E-state index in [-0.39, 0.29) is 17.9 Å². The van der Waals surface area contributed by atoms with Crippen LogP contribution in [0.5, 0.6) is 0 Å². The minimum absolute atomic E-state index is 0.00835. The number of benzene rings is 2. The minimum atomic E-state index is -0.494. The Balaban J connectivity index is 1.65. The van der Waals surface area contributed by atoms with Crippen LogP contribution < -0.4 is 5.32 Å². The zero-order chi connectivity index (χ0) is 23.1. The van der Waals surface area contributed by atoms with Crippen molar-refractivity contribution in [3.8, 4) is 0 Å². The Labute approximate surface area is 197 Å². The second-order valence-corrected chi connectivity index (χ2v) is 10.1. The lowest BCUT2D eigenvalue weighted by atomic mass is 10.1. The summed E-state index contributed by atoms with van der Waals surface area (Å²) in [6, 6.07) is 14.4. The van der Waals surface area contributed by atoms with Crippen LogP contribution in [0.15, 0.2) is 42.5 Å². The zero-order valence-corrected chi connectivity index (χ0v) is 20.6. The summed E-state index contributed by atoms with van der Waals surface area (Å²) in [5, 5.41) is 3.16. The molecule has 1 aliphatic rings. The number of thioether (sulfide) groups is 1. The topological polar surface area (TPSA) is 49.4 Å². The molecule has 2 aromatic carbocycles. The Kier molecular flexibility index (Phi) is 8.80. The maximum Gasteiger partial charge on any atom is 0.242 e. The number of hydrogen-bond donors (Lipinski definition) is 1. The Morgan fingerprint density at radius 2 is 1.59 bits per heavy atom. The quantitative estimate of drug-likeness (QED) is 0.560. The van der Waals surface area contributed by atoms with Gasteiger partial charge in [0.25, 0.3) is 0 Å². The first-order valence-corrected chi connectivity index (χ1v) is 12.8. The lowest BCUT2D eigenvalue weighted by Gasteiger charge is -2.29. The summed E-state index contributed by atoms with van der Waals surface area (Å²) < 4.78 is 0. The second kappa shape index (κ2) is 11.6. The Morgan fingerprint density at radius 1 is 0.969 bits per heavy atom. The van der Waals surface area contributed by atoms with Crippen LogP contribution in [0.25, 0.3) is 0 Å². The summed E-state index contributed by atoms with van der Waals surface area (Å²) in [4.78, 5) is 27.9. The van der Waals surface area contributed by atoms with Crippen LogP contribution in [-0.4, -0.2) is 34.6 Å². The first-order valence-electron chi connectivity index (χ1n) is 11.6. The van der Waals surface area contributed by atoms with Crippen LogP contribution in [0.2, 0.25) is 0 Å². The van der Waals surface area contributed by atoms with E-state index in [1.165, 1.54) is 35.1 Å². The molecule has 1 fully saturated rings. The number of carbonyl (C=O) groups excluding carboxylic acids is 2. The highest BCUT2D eigenvalue weighted by Gasteiger charge is 2.28. The van der Waals surface area contributed by atoms with E-state index in [0.717, 1.165) is 24.2 Å². The maximum absolute atomic E-state index is 13.2. The summed E-state index contributed by atoms with van der Waals surface area (Å²) in [6.07, 6.45) is 4.41. The van der Waals surface area contributed by atoms with Crippen molar-refractivity contribution in [3.05, 3.63) is 70.3 Å². The van der Waals surface area contributed by atoms with E-state index in [1.54, 1.807) is 16.7 Å². The first kappa shape index (κ1) is 24.4. The fourth-order valence-corrected chi connectivity index (χ4v) is 5.20. The van der Waals surface area contributed by atoms with Crippen LogP contribution in [-0.2, 0) is 21.9 Å². The normalized spacial score (nSPS) is 14.9. The van der Waals surface area contributed by atoms with Crippen molar-refractivity contribution in [1.82, 2.24) is 10.2 Å². The first-order chi connectivity index (χ1) is 15.3. The summed E-state index contributed by atoms with van der Waals surface area (Å²) in [5.41, 5.74) is 5.94. The van der Waals surface area contributed by atoms with Crippen molar-refractivity contribution in [1.29, 1.82) is 0 Å². The molecule has 1 atom stereocenters. The average molecular weight is 453 g/mol. The van der Waals surface area contributed by atoms with Crippen LogP contribution in [0.4, 0.5) is 0 Å². The standard InChI is InChI=1S/C27H36N2O2S/c1-19-9-11-23(12-10-19)16-29(22(4)27(31)28-25-7-5-6-8-25)26(30)18-32-17-24-14-20(2)13-21(3)15-24/h9-15,22,25H,5-8,16-18H2,1-4H3,(H,28,31)/t22-/m1/s1. The average Bonchev–Trinajstić information content (AvgIpc) is 3.25. The maximum atomic E-state index is 13.2. The molecule has 4 nitrogen and oxygen atoms in total. The Bertz CT molecular complexity index is 900. The number of hydrogen-bond acceptors (Lipinski definition) is 3. The van der Waals surface area contributed by atoms with Gasteiger partial charge in [-0.15, -0.1) is 11.8 Å². The van der Waals surface area contributed by atoms with Gasteiger partial charge in [0.15, 0.2) is 0 Å². The molecule has 2 amide bonds. The molecule has 32 heavy (non-hydrogen) atoms. The molecular formula is C27H36N2O2S. The van der Waals surface area contributed by atoms with E-state index >= 15 is 0 Å². The largest absolute Gasteiger partial charge is 0.352 e. The van der Waals surface area contributed by atoms with E-state index in [0.29, 0.717) is 12.3 Å². The van der Waals surface area contributed by atoms with E-state index in [1.807, 2.05) is 26.0 Å². The molecule has 172 valence electrons. The van der Waals surface area contributed by atoms with Crippen molar-refractivity contribution in [2.45, 2.75) is 77.8 Å². The molecule has 0 saturated heterocycles. The minimum Gasteiger partial charge on any atom is -0.352 e. The SMILES string of the molecule is Cc1ccc(CN(C(=O)CSCc2cc(C)cc(C)c2)[C@H](C)C(=O)NC2CCCC2)cc1. The molecule has 1 aliphatic carbocycles. The molecule has 0 heterocycles. The molecule has 0 bridgehead atoms. The lowest BCUT2D eigenvalue weighted by molar-refractivity contribution is -0.138. The second-order valence-electron chi connectivity index (χ2n) is 9.16. The fourth-order valence-electron chi connectivity index (χ4n) is 4.36. The third-order valence-electron chi connectivity index (χ3n) is 6.12. The summed E-state index contributed by atoms with van der Waals surface area (Å²) in [7, 11) is 0. The van der Waals surface area contributed by atoms with Gasteiger partial charge in [0.1, 0.15) is 6.04 Å². The number of nitrogens with one attached hydrogen (secondary N) is 1. The van der Waals surface area contributed by atoms with E-state index in [4.69, 9.17) is 0 Å². The summed E-state index contributed by atoms with van der Waals surface area (Å²) >= 11 is 1.61. The third kappa shape index (κ3) is 7.13. The number of amides is 2. The lowest BCUT2D eigenvalue weighted by Crippen LogP contribution is -2.50. The molecule has 0 aliphatic heterocycles.